The van der Waals surface area contributed by atoms with Gasteiger partial charge in [0.25, 0.3) is 0 Å². The standard InChI is InChI=1S/C20H28N2O4/c1-19(2,3)18(23)21-17-11-16(22-26-17)20(4,5)13-25-12-14-7-9-15(24-6)10-8-14/h7-11H,12-13H2,1-6H3,(H,21,23). The van der Waals surface area contributed by atoms with Crippen molar-refractivity contribution in [2.45, 2.75) is 46.6 Å². The van der Waals surface area contributed by atoms with Gasteiger partial charge in [-0.15, -0.1) is 0 Å². The van der Waals surface area contributed by atoms with Crippen LogP contribution in [0.2, 0.25) is 0 Å². The second-order valence-corrected chi connectivity index (χ2v) is 8.01. The molecule has 1 amide bonds. The third kappa shape index (κ3) is 5.33. The lowest BCUT2D eigenvalue weighted by atomic mass is 9.90. The fourth-order valence-corrected chi connectivity index (χ4v) is 2.17. The van der Waals surface area contributed by atoms with Crippen molar-refractivity contribution in [3.63, 3.8) is 0 Å². The van der Waals surface area contributed by atoms with Gasteiger partial charge in [0.15, 0.2) is 0 Å². The van der Waals surface area contributed by atoms with Crippen LogP contribution in [0.1, 0.15) is 45.9 Å². The molecular formula is C20H28N2O4. The van der Waals surface area contributed by atoms with Crippen LogP contribution in [0.15, 0.2) is 34.9 Å². The smallest absolute Gasteiger partial charge is 0.232 e. The van der Waals surface area contributed by atoms with E-state index in [-0.39, 0.29) is 11.3 Å². The largest absolute Gasteiger partial charge is 0.497 e. The zero-order valence-corrected chi connectivity index (χ0v) is 16.4. The predicted octanol–water partition coefficient (Wildman–Crippen LogP) is 4.16. The lowest BCUT2D eigenvalue weighted by Crippen LogP contribution is -2.27. The topological polar surface area (TPSA) is 73.6 Å². The van der Waals surface area contributed by atoms with Gasteiger partial charge in [-0.3, -0.25) is 10.1 Å². The van der Waals surface area contributed by atoms with Crippen molar-refractivity contribution < 1.29 is 18.8 Å². The number of anilines is 1. The van der Waals surface area contributed by atoms with Crippen LogP contribution in [0.5, 0.6) is 5.75 Å². The SMILES string of the molecule is COc1ccc(COCC(C)(C)c2cc(NC(=O)C(C)(C)C)on2)cc1. The number of hydrogen-bond acceptors (Lipinski definition) is 5. The monoisotopic (exact) mass is 360 g/mol. The van der Waals surface area contributed by atoms with Crippen LogP contribution in [-0.4, -0.2) is 24.8 Å². The molecule has 6 heteroatoms. The Kier molecular flexibility index (Phi) is 6.08. The van der Waals surface area contributed by atoms with Crippen LogP contribution in [-0.2, 0) is 21.6 Å². The summed E-state index contributed by atoms with van der Waals surface area (Å²) < 4.78 is 16.2. The fourth-order valence-electron chi connectivity index (χ4n) is 2.17. The molecule has 0 aliphatic rings. The molecule has 26 heavy (non-hydrogen) atoms. The van der Waals surface area contributed by atoms with Gasteiger partial charge in [-0.25, -0.2) is 0 Å². The minimum Gasteiger partial charge on any atom is -0.497 e. The van der Waals surface area contributed by atoms with E-state index in [0.717, 1.165) is 17.0 Å². The van der Waals surface area contributed by atoms with Crippen LogP contribution in [0.3, 0.4) is 0 Å². The van der Waals surface area contributed by atoms with Gasteiger partial charge in [0.1, 0.15) is 5.75 Å². The number of benzene rings is 1. The number of nitrogens with one attached hydrogen (secondary N) is 1. The molecule has 0 bridgehead atoms. The van der Waals surface area contributed by atoms with Crippen molar-refractivity contribution in [3.8, 4) is 5.75 Å². The maximum Gasteiger partial charge on any atom is 0.232 e. The second kappa shape index (κ2) is 7.91. The highest BCUT2D eigenvalue weighted by Crippen LogP contribution is 2.26. The molecule has 0 radical (unpaired) electrons. The van der Waals surface area contributed by atoms with Gasteiger partial charge in [-0.2, -0.15) is 0 Å². The fraction of sp³-hybridized carbons (Fsp3) is 0.500. The van der Waals surface area contributed by atoms with Crippen molar-refractivity contribution in [3.05, 3.63) is 41.6 Å². The second-order valence-electron chi connectivity index (χ2n) is 8.01. The molecule has 2 rings (SSSR count). The van der Waals surface area contributed by atoms with E-state index in [2.05, 4.69) is 10.5 Å². The van der Waals surface area contributed by atoms with E-state index in [0.29, 0.717) is 19.1 Å². The van der Waals surface area contributed by atoms with Crippen LogP contribution in [0.25, 0.3) is 0 Å². The molecule has 0 spiro atoms. The third-order valence-corrected chi connectivity index (χ3v) is 4.01. The minimum absolute atomic E-state index is 0.117. The zero-order chi connectivity index (χ0) is 19.4. The van der Waals surface area contributed by atoms with Gasteiger partial charge in [-0.1, -0.05) is 51.9 Å². The molecule has 0 saturated carbocycles. The van der Waals surface area contributed by atoms with Gasteiger partial charge in [0.2, 0.25) is 11.8 Å². The van der Waals surface area contributed by atoms with Crippen LogP contribution >= 0.6 is 0 Å². The van der Waals surface area contributed by atoms with Crippen molar-refractivity contribution in [2.75, 3.05) is 19.0 Å². The molecule has 1 aromatic heterocycles. The summed E-state index contributed by atoms with van der Waals surface area (Å²) in [7, 11) is 1.64. The summed E-state index contributed by atoms with van der Waals surface area (Å²) in [5, 5.41) is 6.83. The maximum atomic E-state index is 12.0. The molecule has 2 aromatic rings. The molecule has 0 unspecified atom stereocenters. The predicted molar refractivity (Wildman–Crippen MR) is 100 cm³/mol. The number of methoxy groups -OCH3 is 1. The number of carbonyl (C=O) groups is 1. The third-order valence-electron chi connectivity index (χ3n) is 4.01. The van der Waals surface area contributed by atoms with Gasteiger partial charge in [0.05, 0.1) is 26.0 Å². The Bertz CT molecular complexity index is 727. The average Bonchev–Trinajstić information content (AvgIpc) is 3.04. The Morgan fingerprint density at radius 1 is 1.15 bits per heavy atom. The summed E-state index contributed by atoms with van der Waals surface area (Å²) in [6, 6.07) is 9.52. The number of ether oxygens (including phenoxy) is 2. The first-order valence-electron chi connectivity index (χ1n) is 8.61. The van der Waals surface area contributed by atoms with Crippen molar-refractivity contribution in [1.29, 1.82) is 0 Å². The highest BCUT2D eigenvalue weighted by molar-refractivity contribution is 5.93. The molecule has 0 fully saturated rings. The summed E-state index contributed by atoms with van der Waals surface area (Å²) in [4.78, 5) is 12.0. The van der Waals surface area contributed by atoms with E-state index >= 15 is 0 Å². The van der Waals surface area contributed by atoms with Crippen molar-refractivity contribution >= 4 is 11.8 Å². The molecule has 1 heterocycles. The first-order valence-corrected chi connectivity index (χ1v) is 8.61. The summed E-state index contributed by atoms with van der Waals surface area (Å²) >= 11 is 0. The maximum absolute atomic E-state index is 12.0. The van der Waals surface area contributed by atoms with Crippen LogP contribution < -0.4 is 10.1 Å². The van der Waals surface area contributed by atoms with Gasteiger partial charge in [0, 0.05) is 16.9 Å². The van der Waals surface area contributed by atoms with Crippen molar-refractivity contribution in [1.82, 2.24) is 5.16 Å². The highest BCUT2D eigenvalue weighted by atomic mass is 16.5. The number of aromatic nitrogens is 1. The zero-order valence-electron chi connectivity index (χ0n) is 16.4. The lowest BCUT2D eigenvalue weighted by molar-refractivity contribution is -0.123. The molecule has 0 atom stereocenters. The van der Waals surface area contributed by atoms with Crippen molar-refractivity contribution in [2.24, 2.45) is 5.41 Å². The first-order chi connectivity index (χ1) is 12.1. The highest BCUT2D eigenvalue weighted by Gasteiger charge is 2.27. The molecule has 6 nitrogen and oxygen atoms in total. The number of rotatable bonds is 7. The minimum atomic E-state index is -0.496. The number of hydrogen-bond donors (Lipinski definition) is 1. The number of amides is 1. The number of nitrogens with zero attached hydrogens (tertiary/aromatic N) is 1. The summed E-state index contributed by atoms with van der Waals surface area (Å²) in [5.74, 6) is 1.05. The van der Waals surface area contributed by atoms with E-state index in [9.17, 15) is 4.79 Å². The summed E-state index contributed by atoms with van der Waals surface area (Å²) in [6.07, 6.45) is 0. The number of carbonyl (C=O) groups excluding carboxylic acids is 1. The molecule has 0 aliphatic carbocycles. The molecule has 142 valence electrons. The van der Waals surface area contributed by atoms with Gasteiger partial charge >= 0.3 is 0 Å². The van der Waals surface area contributed by atoms with E-state index in [4.69, 9.17) is 14.0 Å². The Morgan fingerprint density at radius 3 is 2.38 bits per heavy atom. The van der Waals surface area contributed by atoms with E-state index in [1.165, 1.54) is 0 Å². The van der Waals surface area contributed by atoms with E-state index in [1.54, 1.807) is 13.2 Å². The molecule has 0 aliphatic heterocycles. The molecular weight excluding hydrogens is 332 g/mol. The van der Waals surface area contributed by atoms with Gasteiger partial charge < -0.3 is 14.0 Å². The normalized spacial score (nSPS) is 12.1. The van der Waals surface area contributed by atoms with E-state index in [1.807, 2.05) is 58.9 Å². The van der Waals surface area contributed by atoms with E-state index < -0.39 is 5.41 Å². The average molecular weight is 360 g/mol. The summed E-state index contributed by atoms with van der Waals surface area (Å²) in [5.41, 5.74) is 0.960. The summed E-state index contributed by atoms with van der Waals surface area (Å²) in [6.45, 7) is 10.5. The Morgan fingerprint density at radius 2 is 1.81 bits per heavy atom. The Balaban J connectivity index is 1.91. The molecule has 1 N–H and O–H groups in total. The Hall–Kier alpha value is -2.34. The quantitative estimate of drug-likeness (QED) is 0.802. The lowest BCUT2D eigenvalue weighted by Gasteiger charge is -2.21. The molecule has 1 aromatic carbocycles. The van der Waals surface area contributed by atoms with Gasteiger partial charge in [-0.05, 0) is 17.7 Å². The van der Waals surface area contributed by atoms with Crippen LogP contribution in [0.4, 0.5) is 5.88 Å². The first kappa shape index (κ1) is 20.0. The van der Waals surface area contributed by atoms with Crippen LogP contribution in [0, 0.1) is 5.41 Å². The molecule has 0 saturated heterocycles. The Labute approximate surface area is 154 Å².